The van der Waals surface area contributed by atoms with Crippen LogP contribution in [0.2, 0.25) is 0 Å². The number of fused-ring (bicyclic) bond motifs is 1. The number of benzene rings is 1. The molecule has 0 radical (unpaired) electrons. The first kappa shape index (κ1) is 18.0. The maximum Gasteiger partial charge on any atom is 0.209 e. The van der Waals surface area contributed by atoms with Crippen LogP contribution in [0.25, 0.3) is 0 Å². The summed E-state index contributed by atoms with van der Waals surface area (Å²) >= 11 is 0. The van der Waals surface area contributed by atoms with Gasteiger partial charge in [0.05, 0.1) is 24.2 Å². The van der Waals surface area contributed by atoms with Crippen LogP contribution in [0, 0.1) is 12.7 Å². The fourth-order valence-electron chi connectivity index (χ4n) is 3.08. The van der Waals surface area contributed by atoms with Crippen LogP contribution >= 0.6 is 0 Å². The lowest BCUT2D eigenvalue weighted by molar-refractivity contribution is 0.257. The number of aryl methyl sites for hydroxylation is 2. The van der Waals surface area contributed by atoms with Crippen LogP contribution in [0.15, 0.2) is 24.3 Å². The molecule has 0 aliphatic carbocycles. The highest BCUT2D eigenvalue weighted by atomic mass is 32.2. The molecule has 0 amide bonds. The molecule has 2 heterocycles. The van der Waals surface area contributed by atoms with Crippen molar-refractivity contribution in [2.24, 2.45) is 0 Å². The minimum Gasteiger partial charge on any atom is -0.293 e. The van der Waals surface area contributed by atoms with Gasteiger partial charge in [-0.1, -0.05) is 17.7 Å². The number of nitrogens with one attached hydrogen (secondary N) is 1. The van der Waals surface area contributed by atoms with Crippen LogP contribution in [0.3, 0.4) is 0 Å². The van der Waals surface area contributed by atoms with E-state index in [1.807, 2.05) is 23.7 Å². The van der Waals surface area contributed by atoms with Gasteiger partial charge in [0.25, 0.3) is 0 Å². The minimum absolute atomic E-state index is 0.179. The van der Waals surface area contributed by atoms with E-state index in [9.17, 15) is 12.8 Å². The van der Waals surface area contributed by atoms with E-state index in [2.05, 4.69) is 14.7 Å². The molecule has 3 rings (SSSR count). The number of sulfonamides is 1. The summed E-state index contributed by atoms with van der Waals surface area (Å²) in [5.74, 6) is -0.179. The summed E-state index contributed by atoms with van der Waals surface area (Å²) in [5, 5.41) is 4.48. The second-order valence-electron chi connectivity index (χ2n) is 6.60. The summed E-state index contributed by atoms with van der Waals surface area (Å²) in [5.41, 5.74) is 3.47. The van der Waals surface area contributed by atoms with E-state index in [0.29, 0.717) is 24.3 Å². The molecule has 0 unspecified atom stereocenters. The third-order valence-corrected chi connectivity index (χ3v) is 4.92. The Morgan fingerprint density at radius 2 is 2.08 bits per heavy atom. The summed E-state index contributed by atoms with van der Waals surface area (Å²) < 4.78 is 40.9. The van der Waals surface area contributed by atoms with Crippen molar-refractivity contribution in [2.45, 2.75) is 39.5 Å². The Bertz CT molecular complexity index is 864. The normalized spacial score (nSPS) is 15.8. The molecular formula is C17H23FN4O2S. The van der Waals surface area contributed by atoms with Crippen LogP contribution in [0.1, 0.15) is 28.9 Å². The number of hydrogen-bond acceptors (Lipinski definition) is 4. The average molecular weight is 366 g/mol. The van der Waals surface area contributed by atoms with Crippen molar-refractivity contribution in [3.63, 3.8) is 0 Å². The molecule has 136 valence electrons. The van der Waals surface area contributed by atoms with Crippen LogP contribution in [-0.2, 0) is 36.2 Å². The summed E-state index contributed by atoms with van der Waals surface area (Å²) in [4.78, 5) is 2.20. The lowest BCUT2D eigenvalue weighted by atomic mass is 10.1. The van der Waals surface area contributed by atoms with Crippen LogP contribution < -0.4 is 4.72 Å². The molecule has 1 aromatic carbocycles. The van der Waals surface area contributed by atoms with Gasteiger partial charge in [0, 0.05) is 31.7 Å². The van der Waals surface area contributed by atoms with Crippen molar-refractivity contribution in [2.75, 3.05) is 12.8 Å². The Morgan fingerprint density at radius 3 is 2.84 bits per heavy atom. The predicted molar refractivity (Wildman–Crippen MR) is 93.8 cm³/mol. The van der Waals surface area contributed by atoms with E-state index in [4.69, 9.17) is 0 Å². The van der Waals surface area contributed by atoms with Gasteiger partial charge in [0.15, 0.2) is 0 Å². The first-order valence-electron chi connectivity index (χ1n) is 8.28. The largest absolute Gasteiger partial charge is 0.293 e. The van der Waals surface area contributed by atoms with Gasteiger partial charge < -0.3 is 0 Å². The lowest BCUT2D eigenvalue weighted by Gasteiger charge is -2.20. The number of halogens is 1. The zero-order valence-electron chi connectivity index (χ0n) is 14.5. The molecule has 2 aromatic rings. The zero-order chi connectivity index (χ0) is 18.0. The monoisotopic (exact) mass is 366 g/mol. The molecule has 25 heavy (non-hydrogen) atoms. The van der Waals surface area contributed by atoms with Crippen LogP contribution in [-0.4, -0.2) is 35.9 Å². The van der Waals surface area contributed by atoms with Crippen molar-refractivity contribution in [3.8, 4) is 0 Å². The van der Waals surface area contributed by atoms with Gasteiger partial charge in [-0.25, -0.2) is 17.5 Å². The number of hydrogen-bond donors (Lipinski definition) is 1. The van der Waals surface area contributed by atoms with E-state index in [-0.39, 0.29) is 12.4 Å². The Labute approximate surface area is 147 Å². The van der Waals surface area contributed by atoms with Crippen LogP contribution in [0.5, 0.6) is 0 Å². The van der Waals surface area contributed by atoms with Gasteiger partial charge >= 0.3 is 0 Å². The average Bonchev–Trinajstić information content (AvgIpc) is 2.81. The SMILES string of the molecule is Cc1ccc(F)c(CN2CCCn3nc(CNS(C)(=O)=O)cc3C2)c1. The Kier molecular flexibility index (Phi) is 5.21. The van der Waals surface area contributed by atoms with E-state index in [1.54, 1.807) is 6.07 Å². The molecule has 8 heteroatoms. The molecule has 6 nitrogen and oxygen atoms in total. The third kappa shape index (κ3) is 4.87. The molecule has 1 aliphatic rings. The van der Waals surface area contributed by atoms with Crippen molar-refractivity contribution in [3.05, 3.63) is 52.6 Å². The number of rotatable bonds is 5. The molecule has 0 saturated carbocycles. The molecule has 0 bridgehead atoms. The van der Waals surface area contributed by atoms with E-state index in [0.717, 1.165) is 37.0 Å². The Balaban J connectivity index is 1.72. The summed E-state index contributed by atoms with van der Waals surface area (Å²) in [6, 6.07) is 7.10. The lowest BCUT2D eigenvalue weighted by Crippen LogP contribution is -2.23. The standard InChI is InChI=1S/C17H23FN4O2S/c1-13-4-5-17(18)14(8-13)11-21-6-3-7-22-16(12-21)9-15(20-22)10-19-25(2,23)24/h4-5,8-9,19H,3,6-7,10-12H2,1-2H3. The van der Waals surface area contributed by atoms with Gasteiger partial charge in [0.2, 0.25) is 10.0 Å². The number of nitrogens with zero attached hydrogens (tertiary/aromatic N) is 3. The van der Waals surface area contributed by atoms with Gasteiger partial charge in [-0.15, -0.1) is 0 Å². The zero-order valence-corrected chi connectivity index (χ0v) is 15.3. The maximum atomic E-state index is 14.0. The summed E-state index contributed by atoms with van der Waals surface area (Å²) in [7, 11) is -3.24. The smallest absolute Gasteiger partial charge is 0.209 e. The molecule has 0 saturated heterocycles. The molecule has 0 fully saturated rings. The fraction of sp³-hybridized carbons (Fsp3) is 0.471. The van der Waals surface area contributed by atoms with Crippen molar-refractivity contribution in [1.82, 2.24) is 19.4 Å². The Hall–Kier alpha value is -1.77. The Morgan fingerprint density at radius 1 is 1.28 bits per heavy atom. The minimum atomic E-state index is -3.24. The maximum absolute atomic E-state index is 14.0. The van der Waals surface area contributed by atoms with Crippen molar-refractivity contribution < 1.29 is 12.8 Å². The second-order valence-corrected chi connectivity index (χ2v) is 8.44. The number of aromatic nitrogens is 2. The molecule has 0 atom stereocenters. The van der Waals surface area contributed by atoms with Crippen LogP contribution in [0.4, 0.5) is 4.39 Å². The van der Waals surface area contributed by atoms with Crippen molar-refractivity contribution in [1.29, 1.82) is 0 Å². The topological polar surface area (TPSA) is 67.2 Å². The van der Waals surface area contributed by atoms with Gasteiger partial charge in [0.1, 0.15) is 5.82 Å². The molecule has 1 aromatic heterocycles. The molecule has 1 N–H and O–H groups in total. The van der Waals surface area contributed by atoms with Gasteiger partial charge in [-0.05, 0) is 25.5 Å². The summed E-state index contributed by atoms with van der Waals surface area (Å²) in [6.07, 6.45) is 2.05. The van der Waals surface area contributed by atoms with Gasteiger partial charge in [-0.3, -0.25) is 9.58 Å². The van der Waals surface area contributed by atoms with E-state index in [1.165, 1.54) is 6.07 Å². The highest BCUT2D eigenvalue weighted by Crippen LogP contribution is 2.18. The highest BCUT2D eigenvalue weighted by molar-refractivity contribution is 7.88. The predicted octanol–water partition coefficient (Wildman–Crippen LogP) is 1.79. The quantitative estimate of drug-likeness (QED) is 0.876. The van der Waals surface area contributed by atoms with Crippen molar-refractivity contribution >= 4 is 10.0 Å². The van der Waals surface area contributed by atoms with E-state index >= 15 is 0 Å². The van der Waals surface area contributed by atoms with Gasteiger partial charge in [-0.2, -0.15) is 5.10 Å². The molecular weight excluding hydrogens is 343 g/mol. The molecule has 0 spiro atoms. The molecule has 1 aliphatic heterocycles. The summed E-state index contributed by atoms with van der Waals surface area (Å²) in [6.45, 7) is 5.01. The highest BCUT2D eigenvalue weighted by Gasteiger charge is 2.18. The fourth-order valence-corrected chi connectivity index (χ4v) is 3.49. The first-order valence-corrected chi connectivity index (χ1v) is 10.2. The second kappa shape index (κ2) is 7.23. The van der Waals surface area contributed by atoms with E-state index < -0.39 is 10.0 Å². The first-order chi connectivity index (χ1) is 11.8. The third-order valence-electron chi connectivity index (χ3n) is 4.25.